The summed E-state index contributed by atoms with van der Waals surface area (Å²) in [6, 6.07) is 7.55. The summed E-state index contributed by atoms with van der Waals surface area (Å²) in [4.78, 5) is 5.49. The maximum Gasteiger partial charge on any atom is 0.164 e. The van der Waals surface area contributed by atoms with Crippen LogP contribution in [0.15, 0.2) is 41.1 Å². The van der Waals surface area contributed by atoms with Gasteiger partial charge in [0, 0.05) is 24.4 Å². The van der Waals surface area contributed by atoms with Crippen LogP contribution in [-0.4, -0.2) is 26.3 Å². The van der Waals surface area contributed by atoms with E-state index in [9.17, 15) is 0 Å². The van der Waals surface area contributed by atoms with Crippen LogP contribution in [0.25, 0.3) is 10.4 Å². The van der Waals surface area contributed by atoms with Gasteiger partial charge in [0.1, 0.15) is 16.5 Å². The molecule has 1 N–H and O–H groups in total. The molecule has 7 heteroatoms. The van der Waals surface area contributed by atoms with Crippen molar-refractivity contribution in [2.75, 3.05) is 21.3 Å². The third kappa shape index (κ3) is 3.94. The molecule has 132 valence electrons. The lowest BCUT2D eigenvalue weighted by molar-refractivity contribution is 0.349. The number of methoxy groups -OCH3 is 3. The van der Waals surface area contributed by atoms with Crippen molar-refractivity contribution in [1.29, 1.82) is 0 Å². The van der Waals surface area contributed by atoms with Gasteiger partial charge in [-0.25, -0.2) is 4.98 Å². The standard InChI is InChI=1S/C18H20N2O4S/c1-21-14-8-16(23-3)15(22-2)7-13(14)17-10-20-18(25-17)11-19-9-12-5-4-6-24-12/h4-8,10,19H,9,11H2,1-3H3. The van der Waals surface area contributed by atoms with Crippen molar-refractivity contribution < 1.29 is 18.6 Å². The third-order valence-corrected chi connectivity index (χ3v) is 4.71. The minimum Gasteiger partial charge on any atom is -0.496 e. The molecule has 3 aromatic rings. The number of aromatic nitrogens is 1. The molecule has 0 spiro atoms. The Labute approximate surface area is 150 Å². The molecule has 0 saturated heterocycles. The zero-order valence-electron chi connectivity index (χ0n) is 14.4. The Kier molecular flexibility index (Phi) is 5.57. The molecule has 0 aliphatic heterocycles. The van der Waals surface area contributed by atoms with Gasteiger partial charge in [0.25, 0.3) is 0 Å². The van der Waals surface area contributed by atoms with E-state index in [1.807, 2.05) is 30.5 Å². The molecule has 0 radical (unpaired) electrons. The number of nitrogens with one attached hydrogen (secondary N) is 1. The SMILES string of the molecule is COc1cc(OC)c(-c2cnc(CNCc3ccco3)s2)cc1OC. The Morgan fingerprint density at radius 1 is 1.04 bits per heavy atom. The quantitative estimate of drug-likeness (QED) is 0.660. The number of furan rings is 1. The largest absolute Gasteiger partial charge is 0.496 e. The number of benzene rings is 1. The molecule has 3 rings (SSSR count). The van der Waals surface area contributed by atoms with E-state index in [-0.39, 0.29) is 0 Å². The van der Waals surface area contributed by atoms with E-state index in [0.29, 0.717) is 24.6 Å². The summed E-state index contributed by atoms with van der Waals surface area (Å²) in [5.74, 6) is 2.91. The predicted molar refractivity (Wildman–Crippen MR) is 96.5 cm³/mol. The van der Waals surface area contributed by atoms with Crippen LogP contribution in [0.1, 0.15) is 10.8 Å². The van der Waals surface area contributed by atoms with Crippen LogP contribution in [0.4, 0.5) is 0 Å². The van der Waals surface area contributed by atoms with Gasteiger partial charge in [0.2, 0.25) is 0 Å². The van der Waals surface area contributed by atoms with Crippen LogP contribution in [0.2, 0.25) is 0 Å². The van der Waals surface area contributed by atoms with Crippen molar-refractivity contribution in [3.63, 3.8) is 0 Å². The average molecular weight is 360 g/mol. The zero-order valence-corrected chi connectivity index (χ0v) is 15.2. The predicted octanol–water partition coefficient (Wildman–Crippen LogP) is 3.72. The van der Waals surface area contributed by atoms with Crippen molar-refractivity contribution >= 4 is 11.3 Å². The summed E-state index contributed by atoms with van der Waals surface area (Å²) < 4.78 is 21.5. The molecule has 0 saturated carbocycles. The van der Waals surface area contributed by atoms with Gasteiger partial charge in [-0.15, -0.1) is 11.3 Å². The highest BCUT2D eigenvalue weighted by Crippen LogP contribution is 2.41. The number of nitrogens with zero attached hydrogens (tertiary/aromatic N) is 1. The van der Waals surface area contributed by atoms with Crippen molar-refractivity contribution in [3.8, 4) is 27.7 Å². The third-order valence-electron chi connectivity index (χ3n) is 3.68. The van der Waals surface area contributed by atoms with E-state index in [4.69, 9.17) is 18.6 Å². The first-order valence-electron chi connectivity index (χ1n) is 7.73. The van der Waals surface area contributed by atoms with Gasteiger partial charge in [0.15, 0.2) is 11.5 Å². The maximum atomic E-state index is 5.50. The second-order valence-corrected chi connectivity index (χ2v) is 6.32. The zero-order chi connectivity index (χ0) is 17.6. The average Bonchev–Trinajstić information content (AvgIpc) is 3.32. The molecular weight excluding hydrogens is 340 g/mol. The van der Waals surface area contributed by atoms with Gasteiger partial charge in [-0.3, -0.25) is 0 Å². The van der Waals surface area contributed by atoms with Crippen molar-refractivity contribution in [3.05, 3.63) is 47.5 Å². The van der Waals surface area contributed by atoms with E-state index in [1.165, 1.54) is 0 Å². The second kappa shape index (κ2) is 8.04. The van der Waals surface area contributed by atoms with Crippen LogP contribution in [0, 0.1) is 0 Å². The van der Waals surface area contributed by atoms with Crippen molar-refractivity contribution in [2.45, 2.75) is 13.1 Å². The molecule has 6 nitrogen and oxygen atoms in total. The van der Waals surface area contributed by atoms with E-state index in [0.717, 1.165) is 27.0 Å². The van der Waals surface area contributed by atoms with Gasteiger partial charge in [-0.05, 0) is 18.2 Å². The maximum absolute atomic E-state index is 5.50. The molecule has 2 heterocycles. The topological polar surface area (TPSA) is 65.8 Å². The van der Waals surface area contributed by atoms with Crippen molar-refractivity contribution in [1.82, 2.24) is 10.3 Å². The van der Waals surface area contributed by atoms with Crippen molar-refractivity contribution in [2.24, 2.45) is 0 Å². The van der Waals surface area contributed by atoms with Gasteiger partial charge < -0.3 is 23.9 Å². The minimum absolute atomic E-state index is 0.632. The van der Waals surface area contributed by atoms with Crippen LogP contribution < -0.4 is 19.5 Å². The highest BCUT2D eigenvalue weighted by atomic mass is 32.1. The van der Waals surface area contributed by atoms with E-state index < -0.39 is 0 Å². The smallest absolute Gasteiger partial charge is 0.164 e. The Balaban J connectivity index is 1.76. The van der Waals surface area contributed by atoms with Crippen LogP contribution >= 0.6 is 11.3 Å². The molecule has 0 aliphatic carbocycles. The molecule has 1 aromatic carbocycles. The normalized spacial score (nSPS) is 10.7. The fourth-order valence-electron chi connectivity index (χ4n) is 2.44. The molecule has 0 aliphatic rings. The summed E-state index contributed by atoms with van der Waals surface area (Å²) in [7, 11) is 4.86. The molecule has 2 aromatic heterocycles. The number of hydrogen-bond acceptors (Lipinski definition) is 7. The summed E-state index contributed by atoms with van der Waals surface area (Å²) in [5.41, 5.74) is 0.926. The second-order valence-electron chi connectivity index (χ2n) is 5.21. The van der Waals surface area contributed by atoms with Gasteiger partial charge in [-0.1, -0.05) is 0 Å². The van der Waals surface area contributed by atoms with E-state index >= 15 is 0 Å². The summed E-state index contributed by atoms with van der Waals surface area (Å²) in [5, 5.41) is 4.30. The summed E-state index contributed by atoms with van der Waals surface area (Å²) in [6.07, 6.45) is 3.51. The van der Waals surface area contributed by atoms with Gasteiger partial charge in [0.05, 0.1) is 39.0 Å². The van der Waals surface area contributed by atoms with Crippen LogP contribution in [0.3, 0.4) is 0 Å². The number of ether oxygens (including phenoxy) is 3. The van der Waals surface area contributed by atoms with E-state index in [2.05, 4.69) is 10.3 Å². The first-order valence-corrected chi connectivity index (χ1v) is 8.55. The van der Waals surface area contributed by atoms with Gasteiger partial charge in [-0.2, -0.15) is 0 Å². The number of hydrogen-bond donors (Lipinski definition) is 1. The molecule has 0 amide bonds. The van der Waals surface area contributed by atoms with E-state index in [1.54, 1.807) is 38.9 Å². The molecule has 25 heavy (non-hydrogen) atoms. The molecule has 0 fully saturated rings. The minimum atomic E-state index is 0.632. The molecule has 0 atom stereocenters. The Morgan fingerprint density at radius 2 is 1.80 bits per heavy atom. The first-order chi connectivity index (χ1) is 12.2. The Hall–Kier alpha value is -2.51. The highest BCUT2D eigenvalue weighted by molar-refractivity contribution is 7.15. The fraction of sp³-hybridized carbons (Fsp3) is 0.278. The molecule has 0 bridgehead atoms. The lowest BCUT2D eigenvalue weighted by atomic mass is 10.1. The summed E-state index contributed by atoms with van der Waals surface area (Å²) in [6.45, 7) is 1.34. The summed E-state index contributed by atoms with van der Waals surface area (Å²) >= 11 is 1.60. The van der Waals surface area contributed by atoms with Crippen LogP contribution in [0.5, 0.6) is 17.2 Å². The Morgan fingerprint density at radius 3 is 2.48 bits per heavy atom. The monoisotopic (exact) mass is 360 g/mol. The molecule has 0 unspecified atom stereocenters. The molecular formula is C18H20N2O4S. The first kappa shape index (κ1) is 17.3. The number of rotatable bonds is 8. The van der Waals surface area contributed by atoms with Crippen LogP contribution in [-0.2, 0) is 13.1 Å². The van der Waals surface area contributed by atoms with Gasteiger partial charge >= 0.3 is 0 Å². The Bertz CT molecular complexity index is 815. The lowest BCUT2D eigenvalue weighted by Gasteiger charge is -2.12. The lowest BCUT2D eigenvalue weighted by Crippen LogP contribution is -2.11. The fourth-order valence-corrected chi connectivity index (χ4v) is 3.35. The number of thiazole rings is 1. The highest BCUT2D eigenvalue weighted by Gasteiger charge is 2.15.